The number of aliphatic hydroxyl groups excluding tert-OH is 5. The molecule has 0 radical (unpaired) electrons. The fourth-order valence-electron chi connectivity index (χ4n) is 7.41. The van der Waals surface area contributed by atoms with Gasteiger partial charge in [0, 0.05) is 67.2 Å². The second-order valence-electron chi connectivity index (χ2n) is 15.6. The van der Waals surface area contributed by atoms with Crippen LogP contribution in [0.15, 0.2) is 60.9 Å². The first kappa shape index (κ1) is 41.8. The van der Waals surface area contributed by atoms with Crippen LogP contribution in [-0.4, -0.2) is 110 Å². The summed E-state index contributed by atoms with van der Waals surface area (Å²) in [5, 5.41) is 57.8. The maximum absolute atomic E-state index is 13.1. The fraction of sp³-hybridized carbons (Fsp3) is 0.548. The molecule has 1 aliphatic heterocycles. The molecule has 2 aromatic carbocycles. The number of hydrogen-bond donors (Lipinski definition) is 8. The molecule has 5 atom stereocenters. The standard InChI is InChI=1S/C42H56ClN5O8/c1-26(5-4-8-38(52)48-19-14-29(15-20-48)47-41(55)45-24-35(50)39(53)40(54)36(51)25-49)27-9-12-34(43)28(21-27)22-46-42(16-17-42)33-23-44-18-13-31(33)32-6-2-3-7-37(32)56-30-10-11-30/h2-3,6-7,9,12-13,18,21,23,26,29-30,35-36,39-40,46,49-51,53-54H,4-5,8,10-11,14-17,19-20,22,24-25H2,1H3,(H2,45,47,55). The van der Waals surface area contributed by atoms with Crippen molar-refractivity contribution in [3.63, 3.8) is 0 Å². The normalized spacial score (nSPS) is 19.4. The van der Waals surface area contributed by atoms with Gasteiger partial charge in [0.05, 0.1) is 18.8 Å². The molecular weight excluding hydrogens is 738 g/mol. The van der Waals surface area contributed by atoms with Gasteiger partial charge in [-0.2, -0.15) is 0 Å². The Balaban J connectivity index is 0.937. The van der Waals surface area contributed by atoms with Crippen LogP contribution in [0.25, 0.3) is 11.1 Å². The van der Waals surface area contributed by atoms with Crippen LogP contribution in [0.5, 0.6) is 5.75 Å². The van der Waals surface area contributed by atoms with Gasteiger partial charge < -0.3 is 51.1 Å². The molecular formula is C42H56ClN5O8. The lowest BCUT2D eigenvalue weighted by molar-refractivity contribution is -0.132. The minimum atomic E-state index is -1.77. The molecule has 13 nitrogen and oxygen atoms in total. The van der Waals surface area contributed by atoms with Gasteiger partial charge in [-0.25, -0.2) is 4.79 Å². The zero-order valence-electron chi connectivity index (χ0n) is 31.9. The number of nitrogens with one attached hydrogen (secondary N) is 3. The summed E-state index contributed by atoms with van der Waals surface area (Å²) in [4.78, 5) is 31.8. The predicted octanol–water partition coefficient (Wildman–Crippen LogP) is 3.72. The number of carbonyl (C=O) groups is 2. The highest BCUT2D eigenvalue weighted by atomic mass is 35.5. The average molecular weight is 794 g/mol. The number of aromatic nitrogens is 1. The number of hydrogen-bond acceptors (Lipinski definition) is 10. The quantitative estimate of drug-likeness (QED) is 0.0886. The number of rotatable bonds is 19. The number of carbonyl (C=O) groups excluding carboxylic acids is 2. The monoisotopic (exact) mass is 793 g/mol. The van der Waals surface area contributed by atoms with Crippen LogP contribution in [0.1, 0.15) is 87.3 Å². The van der Waals surface area contributed by atoms with Gasteiger partial charge in [0.2, 0.25) is 5.91 Å². The minimum Gasteiger partial charge on any atom is -0.490 e. The van der Waals surface area contributed by atoms with E-state index in [0.29, 0.717) is 45.0 Å². The van der Waals surface area contributed by atoms with E-state index in [1.165, 1.54) is 11.1 Å². The van der Waals surface area contributed by atoms with Gasteiger partial charge >= 0.3 is 6.03 Å². The lowest BCUT2D eigenvalue weighted by atomic mass is 9.93. The number of aliphatic hydroxyl groups is 5. The lowest BCUT2D eigenvalue weighted by Gasteiger charge is -2.32. The minimum absolute atomic E-state index is 0.0908. The van der Waals surface area contributed by atoms with E-state index in [4.69, 9.17) is 21.4 Å². The van der Waals surface area contributed by atoms with Crippen LogP contribution in [-0.2, 0) is 16.9 Å². The van der Waals surface area contributed by atoms with Crippen molar-refractivity contribution >= 4 is 23.5 Å². The van der Waals surface area contributed by atoms with E-state index in [9.17, 15) is 30.0 Å². The fourth-order valence-corrected chi connectivity index (χ4v) is 7.59. The van der Waals surface area contributed by atoms with Crippen LogP contribution in [0.2, 0.25) is 5.02 Å². The van der Waals surface area contributed by atoms with Crippen LogP contribution in [0.4, 0.5) is 4.79 Å². The molecule has 56 heavy (non-hydrogen) atoms. The zero-order chi connectivity index (χ0) is 39.8. The number of likely N-dealkylation sites (tertiary alicyclic amines) is 1. The third-order valence-corrected chi connectivity index (χ3v) is 11.7. The van der Waals surface area contributed by atoms with Crippen molar-refractivity contribution in [1.29, 1.82) is 0 Å². The highest BCUT2D eigenvalue weighted by molar-refractivity contribution is 6.31. The number of pyridine rings is 1. The maximum Gasteiger partial charge on any atom is 0.315 e. The van der Waals surface area contributed by atoms with Crippen molar-refractivity contribution in [3.8, 4) is 16.9 Å². The van der Waals surface area contributed by atoms with E-state index in [2.05, 4.69) is 64.3 Å². The third-order valence-electron chi connectivity index (χ3n) is 11.3. The van der Waals surface area contributed by atoms with Crippen LogP contribution >= 0.6 is 11.6 Å². The summed E-state index contributed by atoms with van der Waals surface area (Å²) in [6, 6.07) is 15.8. The number of benzene rings is 2. The predicted molar refractivity (Wildman–Crippen MR) is 212 cm³/mol. The molecule has 304 valence electrons. The SMILES string of the molecule is CC(CCCC(=O)N1CCC(NC(=O)NCC(O)C(O)C(O)C(O)CO)CC1)c1ccc(Cl)c(CNC2(c3cnccc3-c3ccccc3OC3CC3)CC2)c1. The molecule has 5 unspecified atom stereocenters. The average Bonchev–Trinajstić information content (AvgIpc) is 4.17. The van der Waals surface area contributed by atoms with E-state index in [1.54, 1.807) is 0 Å². The van der Waals surface area contributed by atoms with Crippen molar-refractivity contribution in [2.24, 2.45) is 0 Å². The van der Waals surface area contributed by atoms with Crippen molar-refractivity contribution < 1.29 is 39.9 Å². The van der Waals surface area contributed by atoms with Gasteiger partial charge in [-0.1, -0.05) is 48.9 Å². The number of piperidine rings is 1. The molecule has 3 fully saturated rings. The number of halogens is 1. The number of urea groups is 1. The highest BCUT2D eigenvalue weighted by Crippen LogP contribution is 2.50. The van der Waals surface area contributed by atoms with Gasteiger partial charge in [0.25, 0.3) is 0 Å². The van der Waals surface area contributed by atoms with Gasteiger partial charge in [-0.05, 0) is 97.7 Å². The van der Waals surface area contributed by atoms with Crippen molar-refractivity contribution in [3.05, 3.63) is 82.6 Å². The summed E-state index contributed by atoms with van der Waals surface area (Å²) in [6.45, 7) is 2.67. The Morgan fingerprint density at radius 2 is 1.71 bits per heavy atom. The van der Waals surface area contributed by atoms with Crippen molar-refractivity contribution in [1.82, 2.24) is 25.8 Å². The molecule has 3 amide bonds. The Kier molecular flexibility index (Phi) is 14.2. The van der Waals surface area contributed by atoms with E-state index in [0.717, 1.165) is 66.0 Å². The molecule has 1 aromatic heterocycles. The largest absolute Gasteiger partial charge is 0.490 e. The summed E-state index contributed by atoms with van der Waals surface area (Å²) in [5.41, 5.74) is 5.44. The van der Waals surface area contributed by atoms with E-state index in [1.807, 2.05) is 29.4 Å². The molecule has 2 aliphatic carbocycles. The Bertz CT molecular complexity index is 1780. The molecule has 1 saturated heterocycles. The molecule has 14 heteroatoms. The molecule has 2 heterocycles. The number of amides is 3. The summed E-state index contributed by atoms with van der Waals surface area (Å²) in [5.74, 6) is 1.24. The lowest BCUT2D eigenvalue weighted by Crippen LogP contribution is -2.53. The Labute approximate surface area is 333 Å². The maximum atomic E-state index is 13.1. The molecule has 0 bridgehead atoms. The molecule has 6 rings (SSSR count). The van der Waals surface area contributed by atoms with Crippen LogP contribution < -0.4 is 20.7 Å². The Hall–Kier alpha value is -3.82. The van der Waals surface area contributed by atoms with Gasteiger partial charge in [-0.3, -0.25) is 9.78 Å². The van der Waals surface area contributed by atoms with E-state index >= 15 is 0 Å². The molecule has 8 N–H and O–H groups in total. The topological polar surface area (TPSA) is 197 Å². The zero-order valence-corrected chi connectivity index (χ0v) is 32.7. The Morgan fingerprint density at radius 3 is 2.43 bits per heavy atom. The number of ether oxygens (including phenoxy) is 1. The number of para-hydroxylation sites is 1. The first-order valence-corrected chi connectivity index (χ1v) is 20.2. The first-order chi connectivity index (χ1) is 27.0. The summed E-state index contributed by atoms with van der Waals surface area (Å²) >= 11 is 6.74. The second-order valence-corrected chi connectivity index (χ2v) is 16.0. The smallest absolute Gasteiger partial charge is 0.315 e. The second kappa shape index (κ2) is 19.1. The summed E-state index contributed by atoms with van der Waals surface area (Å²) in [6.07, 6.45) is 4.84. The highest BCUT2D eigenvalue weighted by Gasteiger charge is 2.46. The third kappa shape index (κ3) is 10.8. The van der Waals surface area contributed by atoms with Gasteiger partial charge in [0.15, 0.2) is 0 Å². The van der Waals surface area contributed by atoms with Gasteiger partial charge in [-0.15, -0.1) is 0 Å². The number of nitrogens with zero attached hydrogens (tertiary/aromatic N) is 2. The molecule has 3 aliphatic rings. The first-order valence-electron chi connectivity index (χ1n) is 19.9. The van der Waals surface area contributed by atoms with Crippen LogP contribution in [0, 0.1) is 0 Å². The molecule has 2 saturated carbocycles. The van der Waals surface area contributed by atoms with Crippen molar-refractivity contribution in [2.45, 2.75) is 119 Å². The van der Waals surface area contributed by atoms with Gasteiger partial charge in [0.1, 0.15) is 24.1 Å². The van der Waals surface area contributed by atoms with E-state index in [-0.39, 0.29) is 30.0 Å². The van der Waals surface area contributed by atoms with Crippen LogP contribution in [0.3, 0.4) is 0 Å². The van der Waals surface area contributed by atoms with E-state index < -0.39 is 37.1 Å². The molecule has 3 aromatic rings. The van der Waals surface area contributed by atoms with Crippen molar-refractivity contribution in [2.75, 3.05) is 26.2 Å². The Morgan fingerprint density at radius 1 is 0.982 bits per heavy atom. The summed E-state index contributed by atoms with van der Waals surface area (Å²) < 4.78 is 6.28. The molecule has 0 spiro atoms. The summed E-state index contributed by atoms with van der Waals surface area (Å²) in [7, 11) is 0.